The van der Waals surface area contributed by atoms with Crippen LogP contribution in [0, 0.1) is 6.92 Å². The van der Waals surface area contributed by atoms with Gasteiger partial charge < -0.3 is 10.6 Å². The molecule has 0 radical (unpaired) electrons. The fourth-order valence-corrected chi connectivity index (χ4v) is 2.73. The lowest BCUT2D eigenvalue weighted by Crippen LogP contribution is -2.45. The summed E-state index contributed by atoms with van der Waals surface area (Å²) in [5.74, 6) is 0.865. The Morgan fingerprint density at radius 2 is 1.83 bits per heavy atom. The summed E-state index contributed by atoms with van der Waals surface area (Å²) in [5, 5.41) is 6.77. The van der Waals surface area contributed by atoms with Crippen LogP contribution < -0.4 is 10.6 Å². The molecule has 0 amide bonds. The molecule has 0 bridgehead atoms. The number of guanidine groups is 1. The van der Waals surface area contributed by atoms with Crippen LogP contribution in [0.2, 0.25) is 0 Å². The first-order valence-corrected chi connectivity index (χ1v) is 8.55. The number of pyridine rings is 1. The maximum atomic E-state index is 4.29. The smallest absolute Gasteiger partial charge is 0.191 e. The second-order valence-corrected chi connectivity index (χ2v) is 6.40. The van der Waals surface area contributed by atoms with Crippen molar-refractivity contribution in [3.63, 3.8) is 0 Å². The molecule has 5 nitrogen and oxygen atoms in total. The first-order valence-electron chi connectivity index (χ1n) is 8.55. The number of aryl methyl sites for hydroxylation is 1. The number of nitrogens with one attached hydrogen (secondary N) is 2. The van der Waals surface area contributed by atoms with Gasteiger partial charge in [-0.3, -0.25) is 14.9 Å². The fraction of sp³-hybridized carbons (Fsp3) is 0.667. The monoisotopic (exact) mass is 319 g/mol. The summed E-state index contributed by atoms with van der Waals surface area (Å²) in [7, 11) is 1.82. The lowest BCUT2D eigenvalue weighted by Gasteiger charge is -2.30. The van der Waals surface area contributed by atoms with E-state index in [1.807, 2.05) is 19.4 Å². The standard InChI is InChI=1S/C18H33N5/c1-14(2)23(15(3)4)12-11-22-18(19-6)21-10-8-17-7-9-20-13-16(17)5/h7,9,13-15H,8,10-12H2,1-6H3,(H2,19,21,22). The van der Waals surface area contributed by atoms with Gasteiger partial charge in [0.1, 0.15) is 0 Å². The number of aliphatic imine (C=N–C) groups is 1. The Kier molecular flexibility index (Phi) is 8.62. The summed E-state index contributed by atoms with van der Waals surface area (Å²) >= 11 is 0. The maximum Gasteiger partial charge on any atom is 0.191 e. The van der Waals surface area contributed by atoms with Crippen molar-refractivity contribution >= 4 is 5.96 Å². The molecular formula is C18H33N5. The van der Waals surface area contributed by atoms with E-state index in [1.165, 1.54) is 11.1 Å². The van der Waals surface area contributed by atoms with Gasteiger partial charge >= 0.3 is 0 Å². The predicted molar refractivity (Wildman–Crippen MR) is 99.0 cm³/mol. The fourth-order valence-electron chi connectivity index (χ4n) is 2.73. The Hall–Kier alpha value is -1.62. The summed E-state index contributed by atoms with van der Waals surface area (Å²) in [4.78, 5) is 10.9. The van der Waals surface area contributed by atoms with Crippen molar-refractivity contribution in [2.24, 2.45) is 4.99 Å². The summed E-state index contributed by atoms with van der Waals surface area (Å²) < 4.78 is 0. The van der Waals surface area contributed by atoms with Crippen molar-refractivity contribution in [2.45, 2.75) is 53.1 Å². The summed E-state index contributed by atoms with van der Waals surface area (Å²) in [6.45, 7) is 13.8. The van der Waals surface area contributed by atoms with Gasteiger partial charge in [-0.05, 0) is 58.2 Å². The van der Waals surface area contributed by atoms with E-state index in [-0.39, 0.29) is 0 Å². The highest BCUT2D eigenvalue weighted by molar-refractivity contribution is 5.79. The van der Waals surface area contributed by atoms with E-state index in [0.29, 0.717) is 12.1 Å². The van der Waals surface area contributed by atoms with Gasteiger partial charge in [0.15, 0.2) is 5.96 Å². The first-order chi connectivity index (χ1) is 11.0. The molecule has 0 spiro atoms. The minimum atomic E-state index is 0.557. The number of hydrogen-bond donors (Lipinski definition) is 2. The van der Waals surface area contributed by atoms with Gasteiger partial charge in [0.25, 0.3) is 0 Å². The Labute approximate surface area is 141 Å². The van der Waals surface area contributed by atoms with E-state index in [2.05, 4.69) is 66.2 Å². The van der Waals surface area contributed by atoms with Gasteiger partial charge in [0.05, 0.1) is 0 Å². The molecule has 1 aromatic rings. The quantitative estimate of drug-likeness (QED) is 0.570. The highest BCUT2D eigenvalue weighted by Gasteiger charge is 2.12. The van der Waals surface area contributed by atoms with Crippen molar-refractivity contribution in [3.8, 4) is 0 Å². The van der Waals surface area contributed by atoms with E-state index in [1.54, 1.807) is 0 Å². The van der Waals surface area contributed by atoms with E-state index in [9.17, 15) is 0 Å². The Morgan fingerprint density at radius 3 is 2.39 bits per heavy atom. The van der Waals surface area contributed by atoms with Crippen LogP contribution in [0.15, 0.2) is 23.5 Å². The van der Waals surface area contributed by atoms with Gasteiger partial charge in [-0.15, -0.1) is 0 Å². The minimum absolute atomic E-state index is 0.557. The van der Waals surface area contributed by atoms with Gasteiger partial charge in [-0.25, -0.2) is 0 Å². The third-order valence-electron chi connectivity index (χ3n) is 4.04. The van der Waals surface area contributed by atoms with Crippen LogP contribution in [-0.2, 0) is 6.42 Å². The molecule has 0 fully saturated rings. The summed E-state index contributed by atoms with van der Waals surface area (Å²) in [6.07, 6.45) is 4.73. The Balaban J connectivity index is 2.34. The zero-order valence-corrected chi connectivity index (χ0v) is 15.6. The number of rotatable bonds is 8. The van der Waals surface area contributed by atoms with Crippen LogP contribution in [-0.4, -0.2) is 54.6 Å². The molecule has 1 rings (SSSR count). The average Bonchev–Trinajstić information content (AvgIpc) is 2.50. The van der Waals surface area contributed by atoms with Crippen LogP contribution in [0.3, 0.4) is 0 Å². The van der Waals surface area contributed by atoms with E-state index in [0.717, 1.165) is 32.0 Å². The molecule has 0 aromatic carbocycles. The lowest BCUT2D eigenvalue weighted by molar-refractivity contribution is 0.178. The lowest BCUT2D eigenvalue weighted by atomic mass is 10.1. The molecule has 23 heavy (non-hydrogen) atoms. The zero-order valence-electron chi connectivity index (χ0n) is 15.6. The number of hydrogen-bond acceptors (Lipinski definition) is 3. The third-order valence-corrected chi connectivity index (χ3v) is 4.04. The number of aromatic nitrogens is 1. The molecule has 0 aliphatic carbocycles. The molecule has 0 aliphatic rings. The summed E-state index contributed by atoms with van der Waals surface area (Å²) in [5.41, 5.74) is 2.57. The maximum absolute atomic E-state index is 4.29. The molecule has 0 aliphatic heterocycles. The number of nitrogens with zero attached hydrogens (tertiary/aromatic N) is 3. The van der Waals surface area contributed by atoms with E-state index in [4.69, 9.17) is 0 Å². The van der Waals surface area contributed by atoms with Gasteiger partial charge in [-0.2, -0.15) is 0 Å². The van der Waals surface area contributed by atoms with Crippen molar-refractivity contribution < 1.29 is 0 Å². The topological polar surface area (TPSA) is 52.6 Å². The van der Waals surface area contributed by atoms with Crippen molar-refractivity contribution in [3.05, 3.63) is 29.6 Å². The molecule has 0 atom stereocenters. The molecule has 1 heterocycles. The molecule has 0 unspecified atom stereocenters. The molecule has 0 saturated carbocycles. The third kappa shape index (κ3) is 6.99. The second-order valence-electron chi connectivity index (χ2n) is 6.40. The second kappa shape index (κ2) is 10.2. The predicted octanol–water partition coefficient (Wildman–Crippen LogP) is 2.22. The van der Waals surface area contributed by atoms with Crippen LogP contribution in [0.5, 0.6) is 0 Å². The van der Waals surface area contributed by atoms with E-state index < -0.39 is 0 Å². The van der Waals surface area contributed by atoms with Gasteiger partial charge in [0, 0.05) is 51.2 Å². The highest BCUT2D eigenvalue weighted by atomic mass is 15.2. The molecule has 5 heteroatoms. The van der Waals surface area contributed by atoms with Gasteiger partial charge in [0.2, 0.25) is 0 Å². The highest BCUT2D eigenvalue weighted by Crippen LogP contribution is 2.05. The SMILES string of the molecule is CN=C(NCCc1ccncc1C)NCCN(C(C)C)C(C)C. The largest absolute Gasteiger partial charge is 0.356 e. The molecule has 1 aromatic heterocycles. The van der Waals surface area contributed by atoms with Crippen LogP contribution in [0.1, 0.15) is 38.8 Å². The van der Waals surface area contributed by atoms with Gasteiger partial charge in [-0.1, -0.05) is 0 Å². The molecular weight excluding hydrogens is 286 g/mol. The van der Waals surface area contributed by atoms with Crippen LogP contribution in [0.4, 0.5) is 0 Å². The zero-order chi connectivity index (χ0) is 17.2. The van der Waals surface area contributed by atoms with Crippen molar-refractivity contribution in [1.82, 2.24) is 20.5 Å². The minimum Gasteiger partial charge on any atom is -0.356 e. The normalized spacial score (nSPS) is 12.3. The first kappa shape index (κ1) is 19.4. The van der Waals surface area contributed by atoms with Crippen LogP contribution >= 0.6 is 0 Å². The molecule has 130 valence electrons. The summed E-state index contributed by atoms with van der Waals surface area (Å²) in [6, 6.07) is 3.19. The molecule has 2 N–H and O–H groups in total. The Morgan fingerprint density at radius 1 is 1.17 bits per heavy atom. The average molecular weight is 319 g/mol. The van der Waals surface area contributed by atoms with Crippen LogP contribution in [0.25, 0.3) is 0 Å². The van der Waals surface area contributed by atoms with Crippen molar-refractivity contribution in [1.29, 1.82) is 0 Å². The molecule has 0 saturated heterocycles. The van der Waals surface area contributed by atoms with Crippen molar-refractivity contribution in [2.75, 3.05) is 26.7 Å². The Bertz CT molecular complexity index is 474. The van der Waals surface area contributed by atoms with E-state index >= 15 is 0 Å².